The highest BCUT2D eigenvalue weighted by Gasteiger charge is 2.19. The molecule has 0 radical (unpaired) electrons. The van der Waals surface area contributed by atoms with Crippen LogP contribution in [0.5, 0.6) is 0 Å². The van der Waals surface area contributed by atoms with Gasteiger partial charge in [0.15, 0.2) is 0 Å². The molecule has 190 valence electrons. The summed E-state index contributed by atoms with van der Waals surface area (Å²) >= 11 is 0. The number of carboxylic acids is 1. The summed E-state index contributed by atoms with van der Waals surface area (Å²) in [6.45, 7) is 6.09. The molecule has 3 N–H and O–H groups in total. The molecule has 0 aromatic rings. The summed E-state index contributed by atoms with van der Waals surface area (Å²) < 4.78 is 0. The number of nitrogens with one attached hydrogen (secondary N) is 2. The second-order valence-electron chi connectivity index (χ2n) is 8.78. The highest BCUT2D eigenvalue weighted by molar-refractivity contribution is 5.86. The van der Waals surface area contributed by atoms with Crippen molar-refractivity contribution in [1.82, 2.24) is 10.6 Å². The lowest BCUT2D eigenvalue weighted by atomic mass is 10.1. The molecule has 0 fully saturated rings. The quantitative estimate of drug-likeness (QED) is 0.0972. The van der Waals surface area contributed by atoms with Crippen LogP contribution in [0, 0.1) is 0 Å². The Balaban J connectivity index is 3.64. The highest BCUT2D eigenvalue weighted by Crippen LogP contribution is 2.10. The lowest BCUT2D eigenvalue weighted by Crippen LogP contribution is -2.40. The predicted molar refractivity (Wildman–Crippen MR) is 136 cm³/mol. The van der Waals surface area contributed by atoms with E-state index in [1.807, 2.05) is 0 Å². The summed E-state index contributed by atoms with van der Waals surface area (Å²) in [6.07, 6.45) is 23.5. The van der Waals surface area contributed by atoms with Crippen LogP contribution in [0.15, 0.2) is 24.8 Å². The SMILES string of the molecule is C=CC(=O)NCCCCC(NC(=O)CCCCCCC/C=C/CCCCCCCC)C(=O)O. The molecular formula is C27H48N2O4. The van der Waals surface area contributed by atoms with E-state index in [0.29, 0.717) is 32.2 Å². The van der Waals surface area contributed by atoms with Crippen molar-refractivity contribution in [2.75, 3.05) is 6.54 Å². The number of carboxylic acid groups (broad SMARTS) is 1. The van der Waals surface area contributed by atoms with E-state index in [-0.39, 0.29) is 11.8 Å². The Bertz CT molecular complexity index is 560. The minimum atomic E-state index is -1.01. The first kappa shape index (κ1) is 30.9. The summed E-state index contributed by atoms with van der Waals surface area (Å²) in [5, 5.41) is 14.6. The van der Waals surface area contributed by atoms with Gasteiger partial charge >= 0.3 is 5.97 Å². The van der Waals surface area contributed by atoms with Gasteiger partial charge in [0.1, 0.15) is 6.04 Å². The van der Waals surface area contributed by atoms with Crippen LogP contribution in [0.4, 0.5) is 0 Å². The monoisotopic (exact) mass is 464 g/mol. The molecule has 0 aliphatic heterocycles. The zero-order valence-electron chi connectivity index (χ0n) is 20.9. The molecule has 1 unspecified atom stereocenters. The van der Waals surface area contributed by atoms with Crippen LogP contribution >= 0.6 is 0 Å². The van der Waals surface area contributed by atoms with Gasteiger partial charge in [-0.25, -0.2) is 4.79 Å². The van der Waals surface area contributed by atoms with Crippen LogP contribution in [-0.4, -0.2) is 35.5 Å². The summed E-state index contributed by atoms with van der Waals surface area (Å²) in [4.78, 5) is 34.5. The number of hydrogen-bond donors (Lipinski definition) is 3. The summed E-state index contributed by atoms with van der Waals surface area (Å²) in [5.41, 5.74) is 0. The molecule has 6 heteroatoms. The lowest BCUT2D eigenvalue weighted by molar-refractivity contribution is -0.142. The Morgan fingerprint density at radius 1 is 0.818 bits per heavy atom. The summed E-state index contributed by atoms with van der Waals surface area (Å²) in [6, 6.07) is -0.865. The molecule has 6 nitrogen and oxygen atoms in total. The third-order valence-electron chi connectivity index (χ3n) is 5.70. The van der Waals surface area contributed by atoms with Crippen LogP contribution < -0.4 is 10.6 Å². The number of allylic oxidation sites excluding steroid dienone is 2. The fourth-order valence-corrected chi connectivity index (χ4v) is 3.64. The maximum atomic E-state index is 12.1. The van der Waals surface area contributed by atoms with Crippen molar-refractivity contribution in [2.45, 2.75) is 122 Å². The maximum absolute atomic E-state index is 12.1. The molecule has 0 saturated heterocycles. The average Bonchev–Trinajstić information content (AvgIpc) is 2.80. The standard InChI is InChI=1S/C27H48N2O4/c1-3-5-6-7-8-9-10-11-12-13-14-15-16-17-18-22-26(31)29-24(27(32)33)21-19-20-23-28-25(30)4-2/h4,11-12,24H,2-3,5-10,13-23H2,1H3,(H,28,30)(H,29,31)(H,32,33)/b12-11+. The van der Waals surface area contributed by atoms with Gasteiger partial charge in [-0.05, 0) is 57.4 Å². The Kier molecular flexibility index (Phi) is 21.6. The van der Waals surface area contributed by atoms with Crippen LogP contribution in [0.3, 0.4) is 0 Å². The number of hydrogen-bond acceptors (Lipinski definition) is 3. The number of rotatable bonds is 23. The number of unbranched alkanes of at least 4 members (excludes halogenated alkanes) is 12. The molecule has 0 aromatic heterocycles. The first-order chi connectivity index (χ1) is 16.0. The summed E-state index contributed by atoms with van der Waals surface area (Å²) in [7, 11) is 0. The number of carbonyl (C=O) groups excluding carboxylic acids is 2. The molecule has 0 aromatic carbocycles. The Morgan fingerprint density at radius 3 is 1.97 bits per heavy atom. The van der Waals surface area contributed by atoms with Crippen molar-refractivity contribution in [1.29, 1.82) is 0 Å². The number of aliphatic carboxylic acids is 1. The molecule has 0 aliphatic carbocycles. The van der Waals surface area contributed by atoms with Crippen LogP contribution in [-0.2, 0) is 14.4 Å². The molecule has 0 saturated carbocycles. The van der Waals surface area contributed by atoms with Crippen molar-refractivity contribution >= 4 is 17.8 Å². The molecule has 2 amide bonds. The van der Waals surface area contributed by atoms with E-state index in [4.69, 9.17) is 0 Å². The van der Waals surface area contributed by atoms with Gasteiger partial charge in [-0.15, -0.1) is 0 Å². The topological polar surface area (TPSA) is 95.5 Å². The Morgan fingerprint density at radius 2 is 1.39 bits per heavy atom. The average molecular weight is 465 g/mol. The lowest BCUT2D eigenvalue weighted by Gasteiger charge is -2.14. The third kappa shape index (κ3) is 21.5. The van der Waals surface area contributed by atoms with E-state index in [0.717, 1.165) is 25.7 Å². The van der Waals surface area contributed by atoms with Crippen LogP contribution in [0.25, 0.3) is 0 Å². The van der Waals surface area contributed by atoms with Gasteiger partial charge in [-0.1, -0.05) is 77.0 Å². The molecule has 0 spiro atoms. The highest BCUT2D eigenvalue weighted by atomic mass is 16.4. The molecule has 1 atom stereocenters. The molecule has 0 bridgehead atoms. The van der Waals surface area contributed by atoms with E-state index in [9.17, 15) is 19.5 Å². The van der Waals surface area contributed by atoms with Gasteiger partial charge in [-0.3, -0.25) is 9.59 Å². The molecule has 0 aliphatic rings. The van der Waals surface area contributed by atoms with Crippen LogP contribution in [0.2, 0.25) is 0 Å². The van der Waals surface area contributed by atoms with Crippen molar-refractivity contribution in [3.63, 3.8) is 0 Å². The normalized spacial score (nSPS) is 11.9. The molecule has 0 rings (SSSR count). The first-order valence-electron chi connectivity index (χ1n) is 13.1. The molecule has 0 heterocycles. The number of carbonyl (C=O) groups is 3. The second-order valence-corrected chi connectivity index (χ2v) is 8.78. The summed E-state index contributed by atoms with van der Waals surface area (Å²) in [5.74, 6) is -1.44. The van der Waals surface area contributed by atoms with E-state index in [1.165, 1.54) is 63.9 Å². The second kappa shape index (κ2) is 23.1. The van der Waals surface area contributed by atoms with Gasteiger partial charge in [0.05, 0.1) is 0 Å². The maximum Gasteiger partial charge on any atom is 0.326 e. The zero-order valence-corrected chi connectivity index (χ0v) is 20.9. The largest absolute Gasteiger partial charge is 0.480 e. The van der Waals surface area contributed by atoms with E-state index in [2.05, 4.69) is 36.3 Å². The first-order valence-corrected chi connectivity index (χ1v) is 13.1. The van der Waals surface area contributed by atoms with Crippen molar-refractivity contribution in [2.24, 2.45) is 0 Å². The van der Waals surface area contributed by atoms with Gasteiger partial charge in [-0.2, -0.15) is 0 Å². The third-order valence-corrected chi connectivity index (χ3v) is 5.70. The Labute approximate surface area is 201 Å². The Hall–Kier alpha value is -2.11. The van der Waals surface area contributed by atoms with Gasteiger partial charge in [0, 0.05) is 13.0 Å². The minimum absolute atomic E-state index is 0.194. The van der Waals surface area contributed by atoms with E-state index >= 15 is 0 Å². The smallest absolute Gasteiger partial charge is 0.326 e. The molecular weight excluding hydrogens is 416 g/mol. The van der Waals surface area contributed by atoms with Crippen LogP contribution in [0.1, 0.15) is 116 Å². The van der Waals surface area contributed by atoms with Crippen molar-refractivity contribution in [3.8, 4) is 0 Å². The van der Waals surface area contributed by atoms with Gasteiger partial charge in [0.2, 0.25) is 11.8 Å². The fraction of sp³-hybridized carbons (Fsp3) is 0.741. The van der Waals surface area contributed by atoms with Gasteiger partial charge < -0.3 is 15.7 Å². The van der Waals surface area contributed by atoms with E-state index in [1.54, 1.807) is 0 Å². The van der Waals surface area contributed by atoms with Crippen molar-refractivity contribution in [3.05, 3.63) is 24.8 Å². The molecule has 33 heavy (non-hydrogen) atoms. The number of amides is 2. The van der Waals surface area contributed by atoms with E-state index < -0.39 is 12.0 Å². The predicted octanol–water partition coefficient (Wildman–Crippen LogP) is 6.07. The van der Waals surface area contributed by atoms with Gasteiger partial charge in [0.25, 0.3) is 0 Å². The zero-order chi connectivity index (χ0) is 24.6. The minimum Gasteiger partial charge on any atom is -0.480 e. The fourth-order valence-electron chi connectivity index (χ4n) is 3.64. The van der Waals surface area contributed by atoms with Crippen molar-refractivity contribution < 1.29 is 19.5 Å².